The van der Waals surface area contributed by atoms with Gasteiger partial charge >= 0.3 is 17.1 Å². The number of benzene rings is 1. The van der Waals surface area contributed by atoms with Gasteiger partial charge in [-0.3, -0.25) is 0 Å². The molecule has 1 atom stereocenters. The molecule has 20 heavy (non-hydrogen) atoms. The molecule has 0 heterocycles. The van der Waals surface area contributed by atoms with Crippen molar-refractivity contribution in [1.29, 1.82) is 0 Å². The minimum Gasteiger partial charge on any atom is -0.388 e. The normalized spacial score (nSPS) is 19.9. The van der Waals surface area contributed by atoms with E-state index in [9.17, 15) is 5.11 Å². The van der Waals surface area contributed by atoms with Crippen LogP contribution in [0.15, 0.2) is 24.3 Å². The quantitative estimate of drug-likeness (QED) is 0.830. The minimum atomic E-state index is -0.494. The van der Waals surface area contributed by atoms with E-state index < -0.39 is 6.10 Å². The maximum absolute atomic E-state index is 10.1. The Labute approximate surface area is 134 Å². The van der Waals surface area contributed by atoms with Gasteiger partial charge in [0.1, 0.15) is 0 Å². The van der Waals surface area contributed by atoms with E-state index in [1.54, 1.807) is 0 Å². The molecule has 0 aromatic heterocycles. The molecular formula is C18H18FeO+2. The third kappa shape index (κ3) is 5.24. The minimum absolute atomic E-state index is 0. The van der Waals surface area contributed by atoms with Crippen LogP contribution < -0.4 is 0 Å². The number of hydrogen-bond donors (Lipinski definition) is 1. The Morgan fingerprint density at radius 1 is 0.800 bits per heavy atom. The second-order valence-electron chi connectivity index (χ2n) is 4.44. The topological polar surface area (TPSA) is 20.2 Å². The van der Waals surface area contributed by atoms with Gasteiger partial charge in [-0.25, -0.2) is 0 Å². The van der Waals surface area contributed by atoms with E-state index in [0.717, 1.165) is 17.0 Å². The van der Waals surface area contributed by atoms with Gasteiger partial charge in [0, 0.05) is 5.92 Å². The van der Waals surface area contributed by atoms with Crippen LogP contribution in [0.2, 0.25) is 0 Å². The molecule has 2 aliphatic rings. The average molecular weight is 306 g/mol. The summed E-state index contributed by atoms with van der Waals surface area (Å²) in [6.45, 7) is 2.02. The number of aryl methyl sites for hydroxylation is 1. The second kappa shape index (κ2) is 9.60. The molecule has 2 saturated carbocycles. The Hall–Kier alpha value is -0.301. The van der Waals surface area contributed by atoms with Crippen molar-refractivity contribution >= 4 is 0 Å². The van der Waals surface area contributed by atoms with Gasteiger partial charge in [0.25, 0.3) is 0 Å². The number of rotatable bonds is 2. The van der Waals surface area contributed by atoms with Crippen LogP contribution in [0.1, 0.15) is 17.2 Å². The molecule has 1 nitrogen and oxygen atoms in total. The van der Waals surface area contributed by atoms with Crippen molar-refractivity contribution in [2.75, 3.05) is 0 Å². The molecule has 0 bridgehead atoms. The number of aliphatic hydroxyl groups excluding tert-OH is 1. The van der Waals surface area contributed by atoms with Crippen molar-refractivity contribution < 1.29 is 22.2 Å². The van der Waals surface area contributed by atoms with Gasteiger partial charge in [-0.15, -0.1) is 0 Å². The Morgan fingerprint density at radius 2 is 1.30 bits per heavy atom. The fourth-order valence-corrected chi connectivity index (χ4v) is 1.97. The van der Waals surface area contributed by atoms with Crippen LogP contribution in [0.3, 0.4) is 0 Å². The van der Waals surface area contributed by atoms with Crippen LogP contribution >= 0.6 is 0 Å². The van der Waals surface area contributed by atoms with E-state index in [1.807, 2.05) is 89.0 Å². The molecule has 0 spiro atoms. The van der Waals surface area contributed by atoms with Crippen molar-refractivity contribution in [2.24, 2.45) is 0 Å². The van der Waals surface area contributed by atoms with Crippen LogP contribution in [-0.4, -0.2) is 5.11 Å². The van der Waals surface area contributed by atoms with Gasteiger partial charge in [-0.2, -0.15) is 0 Å². The molecule has 1 N–H and O–H groups in total. The van der Waals surface area contributed by atoms with E-state index in [4.69, 9.17) is 0 Å². The molecular weight excluding hydrogens is 288 g/mol. The van der Waals surface area contributed by atoms with Gasteiger partial charge in [0.15, 0.2) is 0 Å². The fourth-order valence-electron chi connectivity index (χ4n) is 1.97. The fraction of sp³-hybridized carbons (Fsp3) is 0.111. The summed E-state index contributed by atoms with van der Waals surface area (Å²) in [6.07, 6.45) is 17.3. The second-order valence-corrected chi connectivity index (χ2v) is 4.44. The van der Waals surface area contributed by atoms with Gasteiger partial charge in [0.2, 0.25) is 0 Å². The molecule has 2 aliphatic carbocycles. The van der Waals surface area contributed by atoms with Gasteiger partial charge in [0.05, 0.1) is 6.10 Å². The van der Waals surface area contributed by atoms with Crippen molar-refractivity contribution in [1.82, 2.24) is 0 Å². The van der Waals surface area contributed by atoms with Crippen molar-refractivity contribution in [3.8, 4) is 0 Å². The zero-order chi connectivity index (χ0) is 13.5. The van der Waals surface area contributed by atoms with E-state index >= 15 is 0 Å². The molecule has 2 fully saturated rings. The maximum atomic E-state index is 10.1. The Bertz CT molecular complexity index is 360. The first kappa shape index (κ1) is 17.8. The van der Waals surface area contributed by atoms with Crippen LogP contribution in [0.5, 0.6) is 0 Å². The van der Waals surface area contributed by atoms with Crippen molar-refractivity contribution in [2.45, 2.75) is 13.0 Å². The zero-order valence-electron chi connectivity index (χ0n) is 11.4. The summed E-state index contributed by atoms with van der Waals surface area (Å²) in [5.41, 5.74) is 2.11. The van der Waals surface area contributed by atoms with Gasteiger partial charge in [-0.1, -0.05) is 24.3 Å². The predicted octanol–water partition coefficient (Wildman–Crippen LogP) is 3.45. The summed E-state index contributed by atoms with van der Waals surface area (Å²) in [4.78, 5) is 0. The van der Waals surface area contributed by atoms with E-state index in [-0.39, 0.29) is 17.1 Å². The number of hydrogen-bond acceptors (Lipinski definition) is 1. The van der Waals surface area contributed by atoms with Gasteiger partial charge < -0.3 is 5.11 Å². The summed E-state index contributed by atoms with van der Waals surface area (Å²) < 4.78 is 0. The first-order valence-corrected chi connectivity index (χ1v) is 6.41. The third-order valence-corrected chi connectivity index (χ3v) is 3.04. The molecule has 0 saturated heterocycles. The molecule has 10 radical (unpaired) electrons. The van der Waals surface area contributed by atoms with E-state index in [1.165, 1.54) is 0 Å². The summed E-state index contributed by atoms with van der Waals surface area (Å²) in [6, 6.07) is 7.92. The van der Waals surface area contributed by atoms with Crippen LogP contribution in [-0.2, 0) is 17.1 Å². The Balaban J connectivity index is 0.000000283. The van der Waals surface area contributed by atoms with Gasteiger partial charge in [-0.05, 0) is 75.8 Å². The Morgan fingerprint density at radius 3 is 1.80 bits per heavy atom. The van der Waals surface area contributed by atoms with Crippen molar-refractivity contribution in [3.63, 3.8) is 0 Å². The largest absolute Gasteiger partial charge is 2.00 e. The zero-order valence-corrected chi connectivity index (χ0v) is 12.5. The summed E-state index contributed by atoms with van der Waals surface area (Å²) in [7, 11) is 0. The van der Waals surface area contributed by atoms with Crippen LogP contribution in [0, 0.1) is 70.6 Å². The SMILES string of the molecule is Cc1ccccc1[C@H](O)[C]1[CH][CH][CH][CH]1.[CH]1[CH][CH][CH][CH]1.[Fe+2]. The maximum Gasteiger partial charge on any atom is 2.00 e. The molecule has 2 heteroatoms. The first-order valence-electron chi connectivity index (χ1n) is 6.41. The molecule has 0 amide bonds. The van der Waals surface area contributed by atoms with E-state index in [2.05, 4.69) is 0 Å². The standard InChI is InChI=1S/C13H13O.C5H5.Fe/c1-10-6-2-5-9-12(10)13(14)11-7-3-4-8-11;1-2-4-5-3-1;/h2-9,13-14H,1H3;1-5H;/q;;+2/t13-;;/m1../s1. The molecule has 1 aromatic carbocycles. The molecule has 1 aromatic rings. The summed E-state index contributed by atoms with van der Waals surface area (Å²) in [5.74, 6) is 0.958. The molecule has 0 unspecified atom stereocenters. The van der Waals surface area contributed by atoms with Crippen LogP contribution in [0.25, 0.3) is 0 Å². The molecule has 3 rings (SSSR count). The van der Waals surface area contributed by atoms with E-state index in [0.29, 0.717) is 0 Å². The smallest absolute Gasteiger partial charge is 0.388 e. The average Bonchev–Trinajstić information content (AvgIpc) is 3.14. The summed E-state index contributed by atoms with van der Waals surface area (Å²) in [5, 5.41) is 10.1. The predicted molar refractivity (Wildman–Crippen MR) is 78.1 cm³/mol. The third-order valence-electron chi connectivity index (χ3n) is 3.04. The Kier molecular flexibility index (Phi) is 8.52. The number of aliphatic hydroxyl groups is 1. The molecule has 0 aliphatic heterocycles. The summed E-state index contributed by atoms with van der Waals surface area (Å²) >= 11 is 0. The first-order chi connectivity index (χ1) is 9.29. The monoisotopic (exact) mass is 306 g/mol. The van der Waals surface area contributed by atoms with Crippen molar-refractivity contribution in [3.05, 3.63) is 99.1 Å². The molecule has 102 valence electrons. The van der Waals surface area contributed by atoms with Crippen LogP contribution in [0.4, 0.5) is 0 Å².